The molecule has 0 aromatic heterocycles. The second-order valence-corrected chi connectivity index (χ2v) is 7.16. The van der Waals surface area contributed by atoms with Crippen LogP contribution in [-0.4, -0.2) is 58.4 Å². The first-order valence-corrected chi connectivity index (χ1v) is 7.80. The number of rotatable bonds is 1. The minimum atomic E-state index is -0.500. The lowest BCUT2D eigenvalue weighted by Gasteiger charge is -2.43. The molecule has 3 rings (SSSR count). The van der Waals surface area contributed by atoms with Gasteiger partial charge >= 0.3 is 12.2 Å². The molecule has 6 heteroatoms. The van der Waals surface area contributed by atoms with E-state index in [4.69, 9.17) is 9.47 Å². The van der Waals surface area contributed by atoms with E-state index >= 15 is 0 Å². The van der Waals surface area contributed by atoms with Crippen LogP contribution in [0.4, 0.5) is 9.59 Å². The van der Waals surface area contributed by atoms with Crippen molar-refractivity contribution in [2.75, 3.05) is 6.54 Å². The molecule has 6 nitrogen and oxygen atoms in total. The highest BCUT2D eigenvalue weighted by Gasteiger charge is 2.57. The third kappa shape index (κ3) is 2.34. The zero-order valence-electron chi connectivity index (χ0n) is 13.2. The highest BCUT2D eigenvalue weighted by molar-refractivity contribution is 5.74. The van der Waals surface area contributed by atoms with Crippen molar-refractivity contribution >= 4 is 12.2 Å². The molecule has 0 aliphatic carbocycles. The van der Waals surface area contributed by atoms with E-state index in [1.165, 1.54) is 0 Å². The Hall–Kier alpha value is -1.46. The van der Waals surface area contributed by atoms with Crippen LogP contribution in [0.3, 0.4) is 0 Å². The number of carbonyl (C=O) groups is 2. The van der Waals surface area contributed by atoms with Crippen LogP contribution >= 0.6 is 0 Å². The zero-order chi connectivity index (χ0) is 15.4. The van der Waals surface area contributed by atoms with Crippen LogP contribution in [0.5, 0.6) is 0 Å². The molecule has 3 aliphatic rings. The Labute approximate surface area is 125 Å². The molecule has 3 saturated heterocycles. The first-order chi connectivity index (χ1) is 9.81. The third-order valence-electron chi connectivity index (χ3n) is 4.58. The number of amides is 2. The number of piperazine rings is 1. The van der Waals surface area contributed by atoms with Crippen molar-refractivity contribution in [2.24, 2.45) is 0 Å². The van der Waals surface area contributed by atoms with E-state index in [-0.39, 0.29) is 36.4 Å². The van der Waals surface area contributed by atoms with Gasteiger partial charge in [-0.1, -0.05) is 6.92 Å². The van der Waals surface area contributed by atoms with E-state index in [2.05, 4.69) is 0 Å². The van der Waals surface area contributed by atoms with Crippen molar-refractivity contribution < 1.29 is 19.1 Å². The number of ether oxygens (including phenoxy) is 2. The number of nitrogens with zero attached hydrogens (tertiary/aromatic N) is 2. The maximum Gasteiger partial charge on any atom is 0.410 e. The van der Waals surface area contributed by atoms with E-state index in [1.807, 2.05) is 37.5 Å². The van der Waals surface area contributed by atoms with E-state index in [9.17, 15) is 9.59 Å². The van der Waals surface area contributed by atoms with Gasteiger partial charge in [0.15, 0.2) is 0 Å². The van der Waals surface area contributed by atoms with Crippen LogP contribution in [0.1, 0.15) is 47.0 Å². The topological polar surface area (TPSA) is 59.1 Å². The smallest absolute Gasteiger partial charge is 0.410 e. The largest absolute Gasteiger partial charge is 0.444 e. The third-order valence-corrected chi connectivity index (χ3v) is 4.58. The van der Waals surface area contributed by atoms with Gasteiger partial charge in [0.05, 0.1) is 18.1 Å². The first kappa shape index (κ1) is 14.5. The van der Waals surface area contributed by atoms with E-state index < -0.39 is 5.60 Å². The summed E-state index contributed by atoms with van der Waals surface area (Å²) in [5.74, 6) is 0. The molecular formula is C15H24N2O4. The van der Waals surface area contributed by atoms with Crippen LogP contribution in [0, 0.1) is 0 Å². The summed E-state index contributed by atoms with van der Waals surface area (Å²) in [6.07, 6.45) is 2.01. The first-order valence-electron chi connectivity index (χ1n) is 7.80. The molecule has 3 fully saturated rings. The fourth-order valence-corrected chi connectivity index (χ4v) is 3.82. The number of hydrogen-bond acceptors (Lipinski definition) is 4. The molecule has 0 spiro atoms. The Balaban J connectivity index is 1.83. The Bertz CT molecular complexity index is 459. The summed E-state index contributed by atoms with van der Waals surface area (Å²) in [5.41, 5.74) is -0.500. The maximum atomic E-state index is 12.5. The predicted octanol–water partition coefficient (Wildman–Crippen LogP) is 2.37. The Kier molecular flexibility index (Phi) is 3.30. The lowest BCUT2D eigenvalue weighted by molar-refractivity contribution is -0.0125. The van der Waals surface area contributed by atoms with E-state index in [0.29, 0.717) is 6.54 Å². The molecule has 1 unspecified atom stereocenters. The van der Waals surface area contributed by atoms with Gasteiger partial charge < -0.3 is 9.47 Å². The van der Waals surface area contributed by atoms with E-state index in [1.54, 1.807) is 0 Å². The van der Waals surface area contributed by atoms with Crippen LogP contribution < -0.4 is 0 Å². The molecule has 4 atom stereocenters. The van der Waals surface area contributed by atoms with Gasteiger partial charge in [0.2, 0.25) is 0 Å². The SMILES string of the molecule is CCC1OC(=O)N2C[C@H]3CC[C@@H]([C@@H]12)N3C(=O)OC(C)(C)C. The van der Waals surface area contributed by atoms with Gasteiger partial charge in [-0.2, -0.15) is 0 Å². The van der Waals surface area contributed by atoms with Gasteiger partial charge in [0, 0.05) is 6.54 Å². The quantitative estimate of drug-likeness (QED) is 0.745. The molecule has 118 valence electrons. The summed E-state index contributed by atoms with van der Waals surface area (Å²) >= 11 is 0. The highest BCUT2D eigenvalue weighted by atomic mass is 16.6. The molecule has 0 saturated carbocycles. The van der Waals surface area contributed by atoms with Crippen molar-refractivity contribution in [1.82, 2.24) is 9.80 Å². The Morgan fingerprint density at radius 2 is 2.10 bits per heavy atom. The zero-order valence-corrected chi connectivity index (χ0v) is 13.2. The predicted molar refractivity (Wildman–Crippen MR) is 75.9 cm³/mol. The van der Waals surface area contributed by atoms with Crippen LogP contribution in [-0.2, 0) is 9.47 Å². The van der Waals surface area contributed by atoms with Gasteiger partial charge in [-0.25, -0.2) is 9.59 Å². The molecule has 3 heterocycles. The lowest BCUT2D eigenvalue weighted by atomic mass is 9.97. The number of fused-ring (bicyclic) bond motifs is 4. The highest BCUT2D eigenvalue weighted by Crippen LogP contribution is 2.40. The molecule has 2 amide bonds. The van der Waals surface area contributed by atoms with Crippen LogP contribution in [0.15, 0.2) is 0 Å². The number of hydrogen-bond donors (Lipinski definition) is 0. The van der Waals surface area contributed by atoms with Crippen molar-refractivity contribution in [1.29, 1.82) is 0 Å². The van der Waals surface area contributed by atoms with Crippen molar-refractivity contribution in [3.05, 3.63) is 0 Å². The molecule has 21 heavy (non-hydrogen) atoms. The summed E-state index contributed by atoms with van der Waals surface area (Å²) in [7, 11) is 0. The molecule has 2 bridgehead atoms. The fourth-order valence-electron chi connectivity index (χ4n) is 3.82. The fraction of sp³-hybridized carbons (Fsp3) is 0.867. The van der Waals surface area contributed by atoms with Crippen molar-refractivity contribution in [3.63, 3.8) is 0 Å². The van der Waals surface area contributed by atoms with Crippen LogP contribution in [0.2, 0.25) is 0 Å². The normalized spacial score (nSPS) is 34.8. The lowest BCUT2D eigenvalue weighted by Crippen LogP contribution is -2.62. The van der Waals surface area contributed by atoms with Gasteiger partial charge in [-0.15, -0.1) is 0 Å². The minimum Gasteiger partial charge on any atom is -0.444 e. The Morgan fingerprint density at radius 1 is 1.38 bits per heavy atom. The molecule has 0 aromatic carbocycles. The minimum absolute atomic E-state index is 0.0197. The van der Waals surface area contributed by atoms with E-state index in [0.717, 1.165) is 19.3 Å². The second kappa shape index (κ2) is 4.78. The monoisotopic (exact) mass is 296 g/mol. The van der Waals surface area contributed by atoms with Crippen LogP contribution in [0.25, 0.3) is 0 Å². The summed E-state index contributed by atoms with van der Waals surface area (Å²) in [5, 5.41) is 0. The average Bonchev–Trinajstić information content (AvgIpc) is 2.86. The second-order valence-electron chi connectivity index (χ2n) is 7.16. The molecule has 0 aromatic rings. The average molecular weight is 296 g/mol. The molecular weight excluding hydrogens is 272 g/mol. The van der Waals surface area contributed by atoms with Gasteiger partial charge in [-0.3, -0.25) is 9.80 Å². The number of cyclic esters (lactones) is 1. The summed E-state index contributed by atoms with van der Waals surface area (Å²) in [4.78, 5) is 28.1. The maximum absolute atomic E-state index is 12.5. The van der Waals surface area contributed by atoms with Gasteiger partial charge in [-0.05, 0) is 40.0 Å². The number of carbonyl (C=O) groups excluding carboxylic acids is 2. The van der Waals surface area contributed by atoms with Crippen molar-refractivity contribution in [2.45, 2.75) is 76.8 Å². The molecule has 3 aliphatic heterocycles. The molecule has 0 radical (unpaired) electrons. The van der Waals surface area contributed by atoms with Crippen molar-refractivity contribution in [3.8, 4) is 0 Å². The summed E-state index contributed by atoms with van der Waals surface area (Å²) < 4.78 is 11.0. The van der Waals surface area contributed by atoms with Gasteiger partial charge in [0.1, 0.15) is 11.7 Å². The Morgan fingerprint density at radius 3 is 2.71 bits per heavy atom. The molecule has 0 N–H and O–H groups in total. The van der Waals surface area contributed by atoms with Gasteiger partial charge in [0.25, 0.3) is 0 Å². The standard InChI is InChI=1S/C15H24N2O4/c1-5-11-12-10-7-6-9(8-16(12)13(18)20-11)17(10)14(19)21-15(2,3)4/h9-12H,5-8H2,1-4H3/t9-,10+,11?,12+/m1/s1. The summed E-state index contributed by atoms with van der Waals surface area (Å²) in [6.45, 7) is 8.20. The summed E-state index contributed by atoms with van der Waals surface area (Å²) in [6, 6.07) is 0.0630.